The highest BCUT2D eigenvalue weighted by molar-refractivity contribution is 5.77. The Kier molecular flexibility index (Phi) is 7.02. The smallest absolute Gasteiger partial charge is 0.258 e. The summed E-state index contributed by atoms with van der Waals surface area (Å²) in [6.07, 6.45) is 1.99. The predicted octanol–water partition coefficient (Wildman–Crippen LogP) is 2.40. The van der Waals surface area contributed by atoms with E-state index in [1.807, 2.05) is 26.0 Å². The van der Waals surface area contributed by atoms with Crippen molar-refractivity contribution in [3.8, 4) is 11.5 Å². The van der Waals surface area contributed by atoms with Crippen molar-refractivity contribution in [3.05, 3.63) is 23.8 Å². The van der Waals surface area contributed by atoms with Crippen molar-refractivity contribution >= 4 is 5.91 Å². The number of hydrogen-bond acceptors (Lipinski definition) is 4. The van der Waals surface area contributed by atoms with Gasteiger partial charge in [-0.05, 0) is 38.0 Å². The third-order valence-corrected chi connectivity index (χ3v) is 3.20. The Balaban J connectivity index is 2.60. The second-order valence-electron chi connectivity index (χ2n) is 5.24. The maximum absolute atomic E-state index is 11.8. The van der Waals surface area contributed by atoms with Gasteiger partial charge in [-0.15, -0.1) is 0 Å². The SMILES string of the molecule is CCCC(C)NC(=O)COc1ccc([C@H](C)N)cc1OC. The zero-order valence-electron chi connectivity index (χ0n) is 13.3. The average Bonchev–Trinajstić information content (AvgIpc) is 2.44. The minimum atomic E-state index is -0.130. The zero-order chi connectivity index (χ0) is 15.8. The molecule has 5 nitrogen and oxygen atoms in total. The van der Waals surface area contributed by atoms with Crippen LogP contribution in [0.1, 0.15) is 45.2 Å². The molecule has 0 spiro atoms. The Morgan fingerprint density at radius 2 is 2.05 bits per heavy atom. The third-order valence-electron chi connectivity index (χ3n) is 3.20. The zero-order valence-corrected chi connectivity index (χ0v) is 13.3. The van der Waals surface area contributed by atoms with Crippen molar-refractivity contribution in [2.75, 3.05) is 13.7 Å². The molecule has 1 aromatic carbocycles. The Labute approximate surface area is 126 Å². The predicted molar refractivity (Wildman–Crippen MR) is 83.6 cm³/mol. The quantitative estimate of drug-likeness (QED) is 0.772. The normalized spacial score (nSPS) is 13.4. The summed E-state index contributed by atoms with van der Waals surface area (Å²) in [5.74, 6) is 0.994. The summed E-state index contributed by atoms with van der Waals surface area (Å²) in [6, 6.07) is 5.57. The van der Waals surface area contributed by atoms with E-state index in [4.69, 9.17) is 15.2 Å². The van der Waals surface area contributed by atoms with E-state index in [0.29, 0.717) is 11.5 Å². The van der Waals surface area contributed by atoms with Gasteiger partial charge in [-0.25, -0.2) is 0 Å². The van der Waals surface area contributed by atoms with Crippen LogP contribution in [0.25, 0.3) is 0 Å². The summed E-state index contributed by atoms with van der Waals surface area (Å²) in [6.45, 7) is 5.95. The van der Waals surface area contributed by atoms with E-state index in [1.54, 1.807) is 13.2 Å². The number of nitrogens with two attached hydrogens (primary N) is 1. The van der Waals surface area contributed by atoms with Gasteiger partial charge in [0.1, 0.15) is 0 Å². The molecular formula is C16H26N2O3. The highest BCUT2D eigenvalue weighted by Gasteiger charge is 2.11. The first-order chi connectivity index (χ1) is 9.97. The lowest BCUT2D eigenvalue weighted by Crippen LogP contribution is -2.35. The highest BCUT2D eigenvalue weighted by Crippen LogP contribution is 2.29. The van der Waals surface area contributed by atoms with E-state index in [0.717, 1.165) is 18.4 Å². The van der Waals surface area contributed by atoms with Crippen LogP contribution in [0.15, 0.2) is 18.2 Å². The molecule has 118 valence electrons. The van der Waals surface area contributed by atoms with Gasteiger partial charge in [0.25, 0.3) is 5.91 Å². The van der Waals surface area contributed by atoms with Gasteiger partial charge in [-0.3, -0.25) is 4.79 Å². The van der Waals surface area contributed by atoms with E-state index >= 15 is 0 Å². The van der Waals surface area contributed by atoms with E-state index in [1.165, 1.54) is 0 Å². The number of rotatable bonds is 8. The summed E-state index contributed by atoms with van der Waals surface area (Å²) in [5, 5.41) is 2.89. The molecule has 0 saturated carbocycles. The molecule has 0 heterocycles. The van der Waals surface area contributed by atoms with Gasteiger partial charge in [0.2, 0.25) is 0 Å². The lowest BCUT2D eigenvalue weighted by Gasteiger charge is -2.15. The summed E-state index contributed by atoms with van der Waals surface area (Å²) in [7, 11) is 1.57. The van der Waals surface area contributed by atoms with E-state index < -0.39 is 0 Å². The summed E-state index contributed by atoms with van der Waals surface area (Å²) >= 11 is 0. The lowest BCUT2D eigenvalue weighted by molar-refractivity contribution is -0.123. The van der Waals surface area contributed by atoms with Crippen molar-refractivity contribution in [2.45, 2.75) is 45.7 Å². The molecule has 0 saturated heterocycles. The molecule has 0 bridgehead atoms. The number of carbonyl (C=O) groups is 1. The molecule has 0 aliphatic heterocycles. The van der Waals surface area contributed by atoms with Crippen molar-refractivity contribution in [1.82, 2.24) is 5.32 Å². The monoisotopic (exact) mass is 294 g/mol. The maximum atomic E-state index is 11.8. The first-order valence-corrected chi connectivity index (χ1v) is 7.33. The Morgan fingerprint density at radius 3 is 2.62 bits per heavy atom. The van der Waals surface area contributed by atoms with Crippen LogP contribution >= 0.6 is 0 Å². The summed E-state index contributed by atoms with van der Waals surface area (Å²) < 4.78 is 10.8. The van der Waals surface area contributed by atoms with Crippen LogP contribution < -0.4 is 20.5 Å². The van der Waals surface area contributed by atoms with Crippen molar-refractivity contribution < 1.29 is 14.3 Å². The highest BCUT2D eigenvalue weighted by atomic mass is 16.5. The molecule has 2 atom stereocenters. The standard InChI is InChI=1S/C16H26N2O3/c1-5-6-11(2)18-16(19)10-21-14-8-7-13(12(3)17)9-15(14)20-4/h7-9,11-12H,5-6,10,17H2,1-4H3,(H,18,19)/t11?,12-/m0/s1. The van der Waals surface area contributed by atoms with Gasteiger partial charge >= 0.3 is 0 Å². The number of carbonyl (C=O) groups excluding carboxylic acids is 1. The van der Waals surface area contributed by atoms with E-state index in [2.05, 4.69) is 12.2 Å². The molecule has 1 aromatic rings. The summed E-state index contributed by atoms with van der Waals surface area (Å²) in [5.41, 5.74) is 6.79. The van der Waals surface area contributed by atoms with E-state index in [9.17, 15) is 4.79 Å². The number of nitrogens with one attached hydrogen (secondary N) is 1. The number of methoxy groups -OCH3 is 1. The number of amides is 1. The minimum Gasteiger partial charge on any atom is -0.493 e. The van der Waals surface area contributed by atoms with Crippen LogP contribution in [-0.4, -0.2) is 25.7 Å². The van der Waals surface area contributed by atoms with Gasteiger partial charge in [-0.1, -0.05) is 19.4 Å². The molecule has 0 radical (unpaired) electrons. The first-order valence-electron chi connectivity index (χ1n) is 7.33. The Morgan fingerprint density at radius 1 is 1.33 bits per heavy atom. The number of ether oxygens (including phenoxy) is 2. The molecule has 21 heavy (non-hydrogen) atoms. The van der Waals surface area contributed by atoms with Crippen LogP contribution in [0, 0.1) is 0 Å². The molecule has 0 aliphatic carbocycles. The maximum Gasteiger partial charge on any atom is 0.258 e. The van der Waals surface area contributed by atoms with Gasteiger partial charge in [0.05, 0.1) is 7.11 Å². The van der Waals surface area contributed by atoms with Crippen molar-refractivity contribution in [1.29, 1.82) is 0 Å². The largest absolute Gasteiger partial charge is 0.493 e. The van der Waals surface area contributed by atoms with Gasteiger partial charge in [-0.2, -0.15) is 0 Å². The Hall–Kier alpha value is -1.75. The van der Waals surface area contributed by atoms with Gasteiger partial charge in [0, 0.05) is 12.1 Å². The average molecular weight is 294 g/mol. The fourth-order valence-electron chi connectivity index (χ4n) is 2.05. The molecule has 1 amide bonds. The molecule has 0 aromatic heterocycles. The van der Waals surface area contributed by atoms with Gasteiger partial charge in [0.15, 0.2) is 18.1 Å². The topological polar surface area (TPSA) is 73.6 Å². The fourth-order valence-corrected chi connectivity index (χ4v) is 2.05. The number of benzene rings is 1. The summed E-state index contributed by atoms with van der Waals surface area (Å²) in [4.78, 5) is 11.8. The molecular weight excluding hydrogens is 268 g/mol. The van der Waals surface area contributed by atoms with Gasteiger partial charge < -0.3 is 20.5 Å². The minimum absolute atomic E-state index is 0.0259. The molecule has 5 heteroatoms. The third kappa shape index (κ3) is 5.63. The molecule has 1 rings (SSSR count). The second-order valence-corrected chi connectivity index (χ2v) is 5.24. The van der Waals surface area contributed by atoms with Crippen LogP contribution in [0.4, 0.5) is 0 Å². The van der Waals surface area contributed by atoms with E-state index in [-0.39, 0.29) is 24.6 Å². The fraction of sp³-hybridized carbons (Fsp3) is 0.562. The lowest BCUT2D eigenvalue weighted by atomic mass is 10.1. The Bertz CT molecular complexity index is 461. The molecule has 0 fully saturated rings. The molecule has 3 N–H and O–H groups in total. The van der Waals surface area contributed by atoms with Crippen LogP contribution in [0.5, 0.6) is 11.5 Å². The number of hydrogen-bond donors (Lipinski definition) is 2. The van der Waals surface area contributed by atoms with Crippen LogP contribution in [0.2, 0.25) is 0 Å². The van der Waals surface area contributed by atoms with Crippen molar-refractivity contribution in [3.63, 3.8) is 0 Å². The van der Waals surface area contributed by atoms with Crippen LogP contribution in [0.3, 0.4) is 0 Å². The van der Waals surface area contributed by atoms with Crippen LogP contribution in [-0.2, 0) is 4.79 Å². The second kappa shape index (κ2) is 8.52. The van der Waals surface area contributed by atoms with Crippen molar-refractivity contribution in [2.24, 2.45) is 5.73 Å². The molecule has 0 aliphatic rings. The first kappa shape index (κ1) is 17.3. The molecule has 1 unspecified atom stereocenters.